The van der Waals surface area contributed by atoms with E-state index in [-0.39, 0.29) is 17.6 Å². The molecule has 4 heteroatoms. The third kappa shape index (κ3) is 2.63. The van der Waals surface area contributed by atoms with Crippen LogP contribution < -0.4 is 5.32 Å². The summed E-state index contributed by atoms with van der Waals surface area (Å²) in [6, 6.07) is 0. The molecule has 0 aromatic heterocycles. The Morgan fingerprint density at radius 1 is 1.47 bits per heavy atom. The topological polar surface area (TPSA) is 41.6 Å². The van der Waals surface area contributed by atoms with Gasteiger partial charge in [-0.05, 0) is 46.1 Å². The molecule has 17 heavy (non-hydrogen) atoms. The van der Waals surface area contributed by atoms with Crippen molar-refractivity contribution in [1.29, 1.82) is 0 Å². The molecule has 2 rings (SSSR count). The number of likely N-dealkylation sites (tertiary alicyclic amines) is 1. The van der Waals surface area contributed by atoms with Crippen molar-refractivity contribution >= 4 is 5.91 Å². The summed E-state index contributed by atoms with van der Waals surface area (Å²) in [6.07, 6.45) is 5.17. The lowest BCUT2D eigenvalue weighted by Crippen LogP contribution is -2.59. The van der Waals surface area contributed by atoms with Crippen LogP contribution in [-0.4, -0.2) is 49.2 Å². The summed E-state index contributed by atoms with van der Waals surface area (Å²) in [5, 5.41) is 3.22. The third-order valence-electron chi connectivity index (χ3n) is 4.03. The average Bonchev–Trinajstić information content (AvgIpc) is 2.82. The number of amides is 1. The maximum atomic E-state index is 12.5. The van der Waals surface area contributed by atoms with Crippen molar-refractivity contribution in [2.24, 2.45) is 0 Å². The van der Waals surface area contributed by atoms with Crippen molar-refractivity contribution in [1.82, 2.24) is 10.2 Å². The van der Waals surface area contributed by atoms with Gasteiger partial charge in [0.05, 0.1) is 5.54 Å². The van der Waals surface area contributed by atoms with Crippen LogP contribution in [-0.2, 0) is 9.53 Å². The molecule has 0 aromatic rings. The number of hydrogen-bond acceptors (Lipinski definition) is 3. The van der Waals surface area contributed by atoms with Gasteiger partial charge in [0.15, 0.2) is 0 Å². The molecule has 2 fully saturated rings. The quantitative estimate of drug-likeness (QED) is 0.805. The van der Waals surface area contributed by atoms with Crippen LogP contribution in [0, 0.1) is 0 Å². The number of nitrogens with zero attached hydrogens (tertiary/aromatic N) is 1. The number of nitrogens with one attached hydrogen (secondary N) is 1. The molecule has 1 amide bonds. The van der Waals surface area contributed by atoms with E-state index in [4.69, 9.17) is 4.74 Å². The Kier molecular flexibility index (Phi) is 4.05. The molecular formula is C13H24N2O2. The Morgan fingerprint density at radius 2 is 2.29 bits per heavy atom. The van der Waals surface area contributed by atoms with E-state index >= 15 is 0 Å². The van der Waals surface area contributed by atoms with Gasteiger partial charge in [-0.3, -0.25) is 4.79 Å². The zero-order valence-electron chi connectivity index (χ0n) is 11.0. The van der Waals surface area contributed by atoms with Gasteiger partial charge in [-0.25, -0.2) is 0 Å². The van der Waals surface area contributed by atoms with E-state index in [1.165, 1.54) is 6.42 Å². The number of carbonyl (C=O) groups is 1. The molecule has 98 valence electrons. The van der Waals surface area contributed by atoms with Crippen LogP contribution in [0.4, 0.5) is 0 Å². The smallest absolute Gasteiger partial charge is 0.252 e. The SMILES string of the molecule is CNCC1(C)CCCCN1C(=O)C1CCCO1. The van der Waals surface area contributed by atoms with E-state index in [2.05, 4.69) is 17.1 Å². The summed E-state index contributed by atoms with van der Waals surface area (Å²) in [7, 11) is 1.95. The van der Waals surface area contributed by atoms with E-state index in [1.807, 2.05) is 7.05 Å². The highest BCUT2D eigenvalue weighted by Gasteiger charge is 2.40. The third-order valence-corrected chi connectivity index (χ3v) is 4.03. The number of carbonyl (C=O) groups excluding carboxylic acids is 1. The summed E-state index contributed by atoms with van der Waals surface area (Å²) < 4.78 is 5.53. The van der Waals surface area contributed by atoms with Gasteiger partial charge in [-0.2, -0.15) is 0 Å². The van der Waals surface area contributed by atoms with E-state index < -0.39 is 0 Å². The molecule has 2 aliphatic heterocycles. The molecule has 2 aliphatic rings. The predicted octanol–water partition coefficient (Wildman–Crippen LogP) is 1.16. The number of ether oxygens (including phenoxy) is 1. The Bertz CT molecular complexity index is 273. The molecule has 4 nitrogen and oxygen atoms in total. The Hall–Kier alpha value is -0.610. The Labute approximate surface area is 104 Å². The first-order valence-electron chi connectivity index (χ1n) is 6.75. The van der Waals surface area contributed by atoms with Crippen LogP contribution in [0.1, 0.15) is 39.0 Å². The van der Waals surface area contributed by atoms with Gasteiger partial charge in [0.1, 0.15) is 6.10 Å². The van der Waals surface area contributed by atoms with Crippen molar-refractivity contribution < 1.29 is 9.53 Å². The monoisotopic (exact) mass is 240 g/mol. The minimum absolute atomic E-state index is 0.0317. The van der Waals surface area contributed by atoms with Crippen LogP contribution in [0.5, 0.6) is 0 Å². The number of likely N-dealkylation sites (N-methyl/N-ethyl adjacent to an activating group) is 1. The van der Waals surface area contributed by atoms with Crippen LogP contribution in [0.2, 0.25) is 0 Å². The predicted molar refractivity (Wildman–Crippen MR) is 66.9 cm³/mol. The molecule has 2 heterocycles. The zero-order valence-corrected chi connectivity index (χ0v) is 11.0. The fourth-order valence-electron chi connectivity index (χ4n) is 3.07. The van der Waals surface area contributed by atoms with Crippen LogP contribution in [0.3, 0.4) is 0 Å². The molecule has 0 aromatic carbocycles. The fourth-order valence-corrected chi connectivity index (χ4v) is 3.07. The highest BCUT2D eigenvalue weighted by Crippen LogP contribution is 2.29. The Morgan fingerprint density at radius 3 is 2.94 bits per heavy atom. The number of rotatable bonds is 3. The van der Waals surface area contributed by atoms with Crippen molar-refractivity contribution in [3.05, 3.63) is 0 Å². The standard InChI is InChI=1S/C13H24N2O2/c1-13(10-14-2)7-3-4-8-15(13)12(16)11-6-5-9-17-11/h11,14H,3-10H2,1-2H3. The average molecular weight is 240 g/mol. The number of piperidine rings is 1. The summed E-state index contributed by atoms with van der Waals surface area (Å²) in [5.41, 5.74) is -0.0317. The van der Waals surface area contributed by atoms with Gasteiger partial charge in [0.2, 0.25) is 0 Å². The van der Waals surface area contributed by atoms with Crippen molar-refractivity contribution in [3.8, 4) is 0 Å². The fraction of sp³-hybridized carbons (Fsp3) is 0.923. The molecule has 0 saturated carbocycles. The molecule has 2 atom stereocenters. The van der Waals surface area contributed by atoms with E-state index in [0.29, 0.717) is 0 Å². The van der Waals surface area contributed by atoms with Crippen molar-refractivity contribution in [3.63, 3.8) is 0 Å². The van der Waals surface area contributed by atoms with E-state index in [9.17, 15) is 4.79 Å². The molecular weight excluding hydrogens is 216 g/mol. The largest absolute Gasteiger partial charge is 0.368 e. The van der Waals surface area contributed by atoms with Crippen LogP contribution in [0.15, 0.2) is 0 Å². The van der Waals surface area contributed by atoms with Crippen LogP contribution >= 0.6 is 0 Å². The van der Waals surface area contributed by atoms with E-state index in [1.54, 1.807) is 0 Å². The lowest BCUT2D eigenvalue weighted by molar-refractivity contribution is -0.149. The minimum Gasteiger partial charge on any atom is -0.368 e. The molecule has 0 radical (unpaired) electrons. The summed E-state index contributed by atoms with van der Waals surface area (Å²) in [6.45, 7) is 4.69. The first-order valence-corrected chi connectivity index (χ1v) is 6.75. The lowest BCUT2D eigenvalue weighted by atomic mass is 9.87. The summed E-state index contributed by atoms with van der Waals surface area (Å²) >= 11 is 0. The first kappa shape index (κ1) is 12.8. The highest BCUT2D eigenvalue weighted by molar-refractivity contribution is 5.82. The maximum Gasteiger partial charge on any atom is 0.252 e. The normalized spacial score (nSPS) is 34.0. The molecule has 1 N–H and O–H groups in total. The Balaban J connectivity index is 2.07. The molecule has 0 aliphatic carbocycles. The molecule has 2 saturated heterocycles. The second-order valence-corrected chi connectivity index (χ2v) is 5.48. The number of hydrogen-bond donors (Lipinski definition) is 1. The zero-order chi connectivity index (χ0) is 12.3. The minimum atomic E-state index is -0.177. The highest BCUT2D eigenvalue weighted by atomic mass is 16.5. The summed E-state index contributed by atoms with van der Waals surface area (Å²) in [4.78, 5) is 14.5. The maximum absolute atomic E-state index is 12.5. The van der Waals surface area contributed by atoms with Gasteiger partial charge in [0, 0.05) is 19.7 Å². The van der Waals surface area contributed by atoms with E-state index in [0.717, 1.165) is 45.4 Å². The van der Waals surface area contributed by atoms with Crippen molar-refractivity contribution in [2.75, 3.05) is 26.7 Å². The molecule has 2 unspecified atom stereocenters. The second-order valence-electron chi connectivity index (χ2n) is 5.48. The second kappa shape index (κ2) is 5.36. The lowest BCUT2D eigenvalue weighted by Gasteiger charge is -2.45. The van der Waals surface area contributed by atoms with Gasteiger partial charge < -0.3 is 15.0 Å². The first-order chi connectivity index (χ1) is 8.17. The van der Waals surface area contributed by atoms with Gasteiger partial charge in [-0.1, -0.05) is 0 Å². The molecule has 0 spiro atoms. The van der Waals surface area contributed by atoms with Crippen molar-refractivity contribution in [2.45, 2.75) is 50.7 Å². The van der Waals surface area contributed by atoms with Gasteiger partial charge in [-0.15, -0.1) is 0 Å². The molecule has 0 bridgehead atoms. The van der Waals surface area contributed by atoms with Crippen LogP contribution in [0.25, 0.3) is 0 Å². The van der Waals surface area contributed by atoms with Gasteiger partial charge >= 0.3 is 0 Å². The summed E-state index contributed by atoms with van der Waals surface area (Å²) in [5.74, 6) is 0.208. The van der Waals surface area contributed by atoms with Gasteiger partial charge in [0.25, 0.3) is 5.91 Å².